The summed E-state index contributed by atoms with van der Waals surface area (Å²) in [7, 11) is 3.87. The second kappa shape index (κ2) is 10.9. The van der Waals surface area contributed by atoms with E-state index in [1.165, 1.54) is 44.7 Å². The number of ether oxygens (including phenoxy) is 1. The number of piperazine rings is 1. The van der Waals surface area contributed by atoms with E-state index >= 15 is 0 Å². The first-order chi connectivity index (χ1) is 12.2. The van der Waals surface area contributed by atoms with Gasteiger partial charge in [-0.1, -0.05) is 12.1 Å². The molecule has 6 heteroatoms. The molecule has 6 nitrogen and oxygen atoms in total. The van der Waals surface area contributed by atoms with Crippen LogP contribution in [0.15, 0.2) is 29.3 Å². The molecular weight excluding hydrogens is 314 g/mol. The highest BCUT2D eigenvalue weighted by atomic mass is 16.5. The van der Waals surface area contributed by atoms with Crippen LogP contribution in [0.3, 0.4) is 0 Å². The maximum absolute atomic E-state index is 5.93. The van der Waals surface area contributed by atoms with Crippen LogP contribution in [0.1, 0.15) is 18.4 Å². The molecule has 3 N–H and O–H groups in total. The summed E-state index contributed by atoms with van der Waals surface area (Å²) in [6.45, 7) is 7.52. The Kier molecular flexibility index (Phi) is 8.55. The van der Waals surface area contributed by atoms with E-state index in [4.69, 9.17) is 10.5 Å². The minimum Gasteiger partial charge on any atom is -0.497 e. The molecule has 1 heterocycles. The van der Waals surface area contributed by atoms with E-state index < -0.39 is 0 Å². The number of unbranched alkanes of at least 4 members (excludes halogenated alkanes) is 1. The van der Waals surface area contributed by atoms with Crippen molar-refractivity contribution in [3.05, 3.63) is 29.8 Å². The van der Waals surface area contributed by atoms with Gasteiger partial charge in [0.25, 0.3) is 0 Å². The second-order valence-electron chi connectivity index (χ2n) is 6.64. The number of hydrogen-bond donors (Lipinski definition) is 2. The van der Waals surface area contributed by atoms with Crippen molar-refractivity contribution in [1.29, 1.82) is 0 Å². The molecule has 25 heavy (non-hydrogen) atoms. The molecule has 140 valence electrons. The zero-order chi connectivity index (χ0) is 17.9. The summed E-state index contributed by atoms with van der Waals surface area (Å²) in [5.41, 5.74) is 7.18. The summed E-state index contributed by atoms with van der Waals surface area (Å²) in [6, 6.07) is 8.11. The van der Waals surface area contributed by atoms with Crippen LogP contribution in [-0.2, 0) is 6.42 Å². The highest BCUT2D eigenvalue weighted by Crippen LogP contribution is 2.11. The third-order valence-electron chi connectivity index (χ3n) is 4.64. The lowest BCUT2D eigenvalue weighted by molar-refractivity contribution is 0.152. The normalized spacial score (nSPS) is 16.8. The van der Waals surface area contributed by atoms with E-state index in [1.54, 1.807) is 7.11 Å². The highest BCUT2D eigenvalue weighted by molar-refractivity contribution is 5.77. The maximum atomic E-state index is 5.93. The zero-order valence-corrected chi connectivity index (χ0v) is 15.7. The molecule has 1 aromatic carbocycles. The SMILES string of the molecule is COc1ccc(CCNC(N)=NCCCCN2CCN(C)CC2)cc1. The Morgan fingerprint density at radius 3 is 2.56 bits per heavy atom. The van der Waals surface area contributed by atoms with Gasteiger partial charge in [0.1, 0.15) is 5.75 Å². The number of aliphatic imine (C=N–C) groups is 1. The average molecular weight is 348 g/mol. The second-order valence-corrected chi connectivity index (χ2v) is 6.64. The van der Waals surface area contributed by atoms with Gasteiger partial charge in [-0.05, 0) is 50.6 Å². The summed E-state index contributed by atoms with van der Waals surface area (Å²) in [6.07, 6.45) is 3.20. The highest BCUT2D eigenvalue weighted by Gasteiger charge is 2.12. The van der Waals surface area contributed by atoms with Crippen molar-refractivity contribution in [3.8, 4) is 5.75 Å². The van der Waals surface area contributed by atoms with Crippen LogP contribution in [0, 0.1) is 0 Å². The van der Waals surface area contributed by atoms with Gasteiger partial charge in [-0.2, -0.15) is 0 Å². The van der Waals surface area contributed by atoms with Gasteiger partial charge in [0.15, 0.2) is 5.96 Å². The van der Waals surface area contributed by atoms with Gasteiger partial charge in [0.2, 0.25) is 0 Å². The van der Waals surface area contributed by atoms with Gasteiger partial charge >= 0.3 is 0 Å². The summed E-state index contributed by atoms with van der Waals surface area (Å²) < 4.78 is 5.16. The predicted octanol–water partition coefficient (Wildman–Crippen LogP) is 1.17. The van der Waals surface area contributed by atoms with Gasteiger partial charge in [0.05, 0.1) is 7.11 Å². The average Bonchev–Trinajstić information content (AvgIpc) is 2.63. The fourth-order valence-electron chi connectivity index (χ4n) is 2.90. The smallest absolute Gasteiger partial charge is 0.188 e. The molecule has 2 rings (SSSR count). The Morgan fingerprint density at radius 1 is 1.16 bits per heavy atom. The number of benzene rings is 1. The zero-order valence-electron chi connectivity index (χ0n) is 15.7. The van der Waals surface area contributed by atoms with Gasteiger partial charge in [-0.25, -0.2) is 0 Å². The number of methoxy groups -OCH3 is 1. The van der Waals surface area contributed by atoms with Gasteiger partial charge < -0.3 is 25.6 Å². The topological polar surface area (TPSA) is 66.1 Å². The fourth-order valence-corrected chi connectivity index (χ4v) is 2.90. The summed E-state index contributed by atoms with van der Waals surface area (Å²) in [4.78, 5) is 9.34. The molecule has 0 radical (unpaired) electrons. The van der Waals surface area contributed by atoms with E-state index in [2.05, 4.69) is 39.3 Å². The van der Waals surface area contributed by atoms with Crippen molar-refractivity contribution in [1.82, 2.24) is 15.1 Å². The van der Waals surface area contributed by atoms with Gasteiger partial charge in [0, 0.05) is 39.3 Å². The monoisotopic (exact) mass is 347 g/mol. The molecule has 1 aliphatic heterocycles. The fraction of sp³-hybridized carbons (Fsp3) is 0.632. The quantitative estimate of drug-likeness (QED) is 0.399. The molecule has 0 amide bonds. The first kappa shape index (κ1) is 19.5. The first-order valence-electron chi connectivity index (χ1n) is 9.25. The molecule has 0 spiro atoms. The number of likely N-dealkylation sites (N-methyl/N-ethyl adjacent to an activating group) is 1. The summed E-state index contributed by atoms with van der Waals surface area (Å²) in [5, 5.41) is 3.19. The molecule has 1 fully saturated rings. The van der Waals surface area contributed by atoms with Crippen LogP contribution in [0.25, 0.3) is 0 Å². The Morgan fingerprint density at radius 2 is 1.88 bits per heavy atom. The van der Waals surface area contributed by atoms with E-state index in [-0.39, 0.29) is 0 Å². The predicted molar refractivity (Wildman–Crippen MR) is 104 cm³/mol. The Balaban J connectivity index is 1.52. The molecule has 0 unspecified atom stereocenters. The third kappa shape index (κ3) is 7.75. The van der Waals surface area contributed by atoms with Crippen LogP contribution >= 0.6 is 0 Å². The van der Waals surface area contributed by atoms with Crippen molar-refractivity contribution in [2.24, 2.45) is 10.7 Å². The minimum atomic E-state index is 0.549. The first-order valence-corrected chi connectivity index (χ1v) is 9.25. The van der Waals surface area contributed by atoms with Gasteiger partial charge in [-0.15, -0.1) is 0 Å². The molecule has 0 aromatic heterocycles. The van der Waals surface area contributed by atoms with Crippen molar-refractivity contribution >= 4 is 5.96 Å². The largest absolute Gasteiger partial charge is 0.497 e. The lowest BCUT2D eigenvalue weighted by Gasteiger charge is -2.32. The van der Waals surface area contributed by atoms with Crippen molar-refractivity contribution in [3.63, 3.8) is 0 Å². The van der Waals surface area contributed by atoms with Crippen molar-refractivity contribution in [2.45, 2.75) is 19.3 Å². The molecule has 0 aliphatic carbocycles. The van der Waals surface area contributed by atoms with Crippen LogP contribution in [0.2, 0.25) is 0 Å². The van der Waals surface area contributed by atoms with E-state index in [0.29, 0.717) is 5.96 Å². The van der Waals surface area contributed by atoms with Crippen LogP contribution in [0.5, 0.6) is 5.75 Å². The van der Waals surface area contributed by atoms with E-state index in [1.807, 2.05) is 12.1 Å². The van der Waals surface area contributed by atoms with Crippen LogP contribution in [0.4, 0.5) is 0 Å². The van der Waals surface area contributed by atoms with Crippen LogP contribution in [-0.4, -0.2) is 75.7 Å². The molecule has 0 saturated carbocycles. The molecule has 1 aliphatic rings. The summed E-state index contributed by atoms with van der Waals surface area (Å²) in [5.74, 6) is 1.43. The van der Waals surface area contributed by atoms with E-state index in [0.717, 1.165) is 31.7 Å². The van der Waals surface area contributed by atoms with E-state index in [9.17, 15) is 0 Å². The number of nitrogens with two attached hydrogens (primary N) is 1. The van der Waals surface area contributed by atoms with Crippen molar-refractivity contribution < 1.29 is 4.74 Å². The number of guanidine groups is 1. The Hall–Kier alpha value is -1.79. The molecule has 0 bridgehead atoms. The van der Waals surface area contributed by atoms with Crippen molar-refractivity contribution in [2.75, 3.05) is 60.0 Å². The van der Waals surface area contributed by atoms with Crippen LogP contribution < -0.4 is 15.8 Å². The Bertz CT molecular complexity index is 509. The standard InChI is InChI=1S/C19H33N5O/c1-23-13-15-24(16-14-23)12-4-3-10-21-19(20)22-11-9-17-5-7-18(25-2)8-6-17/h5-8H,3-4,9-16H2,1-2H3,(H3,20,21,22). The number of nitrogens with one attached hydrogen (secondary N) is 1. The Labute approximate surface area is 152 Å². The lowest BCUT2D eigenvalue weighted by Crippen LogP contribution is -2.44. The number of hydrogen-bond acceptors (Lipinski definition) is 4. The third-order valence-corrected chi connectivity index (χ3v) is 4.64. The molecular formula is C19H33N5O. The maximum Gasteiger partial charge on any atom is 0.188 e. The minimum absolute atomic E-state index is 0.549. The summed E-state index contributed by atoms with van der Waals surface area (Å²) >= 11 is 0. The molecule has 0 atom stereocenters. The lowest BCUT2D eigenvalue weighted by atomic mass is 10.1. The number of nitrogens with zero attached hydrogens (tertiary/aromatic N) is 3. The molecule has 1 aromatic rings. The molecule has 1 saturated heterocycles. The van der Waals surface area contributed by atoms with Gasteiger partial charge in [-0.3, -0.25) is 4.99 Å². The number of rotatable bonds is 9.